The van der Waals surface area contributed by atoms with Gasteiger partial charge in [-0.1, -0.05) is 0 Å². The monoisotopic (exact) mass is 177 g/mol. The van der Waals surface area contributed by atoms with Crippen molar-refractivity contribution in [3.05, 3.63) is 0 Å². The van der Waals surface area contributed by atoms with E-state index in [1.807, 2.05) is 13.8 Å². The number of likely N-dealkylation sites (N-methyl/N-ethyl adjacent to an activating group) is 1. The smallest absolute Gasteiger partial charge is 0.245 e. The Morgan fingerprint density at radius 1 is 1.25 bits per heavy atom. The fourth-order valence-electron chi connectivity index (χ4n) is 0.379. The average molecular weight is 177 g/mol. The van der Waals surface area contributed by atoms with E-state index in [1.165, 1.54) is 7.11 Å². The Bertz CT molecular complexity index is 86.3. The molecule has 0 saturated carbocycles. The second-order valence-corrected chi connectivity index (χ2v) is 1.96. The van der Waals surface area contributed by atoms with E-state index in [0.717, 1.165) is 6.61 Å². The third kappa shape index (κ3) is 16.2. The maximum atomic E-state index is 10.4. The van der Waals surface area contributed by atoms with Crippen LogP contribution in [-0.4, -0.2) is 39.9 Å². The first kappa shape index (κ1) is 13.9. The SMILES string of the molecule is CCNC(=O)COC.CCOC. The number of ether oxygens (including phenoxy) is 2. The number of carbonyl (C=O) groups excluding carboxylic acids is 1. The van der Waals surface area contributed by atoms with Crippen molar-refractivity contribution >= 4 is 5.91 Å². The minimum atomic E-state index is -0.0602. The number of methoxy groups -OCH3 is 2. The van der Waals surface area contributed by atoms with Crippen LogP contribution in [0, 0.1) is 0 Å². The quantitative estimate of drug-likeness (QED) is 0.677. The topological polar surface area (TPSA) is 47.6 Å². The van der Waals surface area contributed by atoms with Gasteiger partial charge in [0, 0.05) is 27.4 Å². The lowest BCUT2D eigenvalue weighted by Gasteiger charge is -1.97. The number of amides is 1. The minimum Gasteiger partial charge on any atom is -0.385 e. The summed E-state index contributed by atoms with van der Waals surface area (Å²) in [6.07, 6.45) is 0. The number of nitrogens with one attached hydrogen (secondary N) is 1. The van der Waals surface area contributed by atoms with Crippen molar-refractivity contribution in [3.63, 3.8) is 0 Å². The van der Waals surface area contributed by atoms with Crippen molar-refractivity contribution in [1.82, 2.24) is 5.32 Å². The maximum Gasteiger partial charge on any atom is 0.245 e. The molecule has 0 aromatic rings. The molecule has 0 fully saturated rings. The molecule has 4 heteroatoms. The van der Waals surface area contributed by atoms with Crippen LogP contribution < -0.4 is 5.32 Å². The Hall–Kier alpha value is -0.610. The summed E-state index contributed by atoms with van der Waals surface area (Å²) in [5.74, 6) is -0.0602. The van der Waals surface area contributed by atoms with Gasteiger partial charge in [0.2, 0.25) is 5.91 Å². The third-order valence-electron chi connectivity index (χ3n) is 0.938. The molecular weight excluding hydrogens is 158 g/mol. The highest BCUT2D eigenvalue weighted by molar-refractivity contribution is 5.76. The molecule has 0 atom stereocenters. The predicted molar refractivity (Wildman–Crippen MR) is 48.1 cm³/mol. The highest BCUT2D eigenvalue weighted by Crippen LogP contribution is 1.65. The number of rotatable bonds is 4. The van der Waals surface area contributed by atoms with Crippen molar-refractivity contribution in [2.75, 3.05) is 34.0 Å². The second kappa shape index (κ2) is 13.0. The molecule has 0 aliphatic heterocycles. The van der Waals surface area contributed by atoms with Gasteiger partial charge in [0.15, 0.2) is 0 Å². The highest BCUT2D eigenvalue weighted by Gasteiger charge is 1.93. The molecule has 0 aliphatic carbocycles. The summed E-state index contributed by atoms with van der Waals surface area (Å²) in [6, 6.07) is 0. The third-order valence-corrected chi connectivity index (χ3v) is 0.938. The van der Waals surface area contributed by atoms with Gasteiger partial charge in [-0.3, -0.25) is 4.79 Å². The minimum absolute atomic E-state index is 0.0602. The lowest BCUT2D eigenvalue weighted by atomic mass is 10.6. The Kier molecular flexibility index (Phi) is 15.1. The molecule has 0 aliphatic rings. The van der Waals surface area contributed by atoms with Crippen LogP contribution in [0.4, 0.5) is 0 Å². The first-order chi connectivity index (χ1) is 5.72. The summed E-state index contributed by atoms with van der Waals surface area (Å²) in [7, 11) is 3.18. The molecule has 0 aromatic carbocycles. The Morgan fingerprint density at radius 3 is 2.00 bits per heavy atom. The Labute approximate surface area is 74.2 Å². The molecule has 0 rings (SSSR count). The molecule has 1 N–H and O–H groups in total. The van der Waals surface area contributed by atoms with Crippen LogP contribution in [0.25, 0.3) is 0 Å². The fourth-order valence-corrected chi connectivity index (χ4v) is 0.379. The zero-order valence-electron chi connectivity index (χ0n) is 8.35. The number of carbonyl (C=O) groups is 1. The molecular formula is C8H19NO3. The molecule has 0 unspecified atom stereocenters. The number of hydrogen-bond donors (Lipinski definition) is 1. The zero-order chi connectivity index (χ0) is 9.82. The van der Waals surface area contributed by atoms with E-state index in [-0.39, 0.29) is 12.5 Å². The highest BCUT2D eigenvalue weighted by atomic mass is 16.5. The molecule has 0 aromatic heterocycles. The van der Waals surface area contributed by atoms with Crippen LogP contribution in [0.1, 0.15) is 13.8 Å². The van der Waals surface area contributed by atoms with Crippen molar-refractivity contribution in [1.29, 1.82) is 0 Å². The molecule has 12 heavy (non-hydrogen) atoms. The molecule has 0 heterocycles. The van der Waals surface area contributed by atoms with Gasteiger partial charge in [0.25, 0.3) is 0 Å². The van der Waals surface area contributed by atoms with E-state index in [9.17, 15) is 4.79 Å². The van der Waals surface area contributed by atoms with Gasteiger partial charge in [-0.15, -0.1) is 0 Å². The van der Waals surface area contributed by atoms with Crippen molar-refractivity contribution in [2.45, 2.75) is 13.8 Å². The van der Waals surface area contributed by atoms with Crippen LogP contribution >= 0.6 is 0 Å². The van der Waals surface area contributed by atoms with E-state index < -0.39 is 0 Å². The van der Waals surface area contributed by atoms with Gasteiger partial charge >= 0.3 is 0 Å². The van der Waals surface area contributed by atoms with Gasteiger partial charge < -0.3 is 14.8 Å². The lowest BCUT2D eigenvalue weighted by molar-refractivity contribution is -0.124. The van der Waals surface area contributed by atoms with E-state index in [2.05, 4.69) is 14.8 Å². The van der Waals surface area contributed by atoms with Crippen LogP contribution in [0.2, 0.25) is 0 Å². The van der Waals surface area contributed by atoms with Crippen LogP contribution in [0.5, 0.6) is 0 Å². The lowest BCUT2D eigenvalue weighted by Crippen LogP contribution is -2.26. The zero-order valence-corrected chi connectivity index (χ0v) is 8.35. The predicted octanol–water partition coefficient (Wildman–Crippen LogP) is 0.422. The van der Waals surface area contributed by atoms with E-state index in [0.29, 0.717) is 6.54 Å². The Balaban J connectivity index is 0. The first-order valence-electron chi connectivity index (χ1n) is 3.97. The Morgan fingerprint density at radius 2 is 1.75 bits per heavy atom. The molecule has 0 spiro atoms. The molecule has 0 radical (unpaired) electrons. The molecule has 0 bridgehead atoms. The molecule has 0 saturated heterocycles. The van der Waals surface area contributed by atoms with Crippen molar-refractivity contribution < 1.29 is 14.3 Å². The van der Waals surface area contributed by atoms with Gasteiger partial charge in [0.1, 0.15) is 6.61 Å². The van der Waals surface area contributed by atoms with Gasteiger partial charge in [-0.05, 0) is 13.8 Å². The summed E-state index contributed by atoms with van der Waals surface area (Å²) in [4.78, 5) is 10.4. The van der Waals surface area contributed by atoms with Gasteiger partial charge in [-0.2, -0.15) is 0 Å². The van der Waals surface area contributed by atoms with Crippen molar-refractivity contribution in [3.8, 4) is 0 Å². The summed E-state index contributed by atoms with van der Waals surface area (Å²) < 4.78 is 9.09. The van der Waals surface area contributed by atoms with Crippen LogP contribution in [0.15, 0.2) is 0 Å². The fraction of sp³-hybridized carbons (Fsp3) is 0.875. The molecule has 74 valence electrons. The average Bonchev–Trinajstić information content (AvgIpc) is 2.06. The first-order valence-corrected chi connectivity index (χ1v) is 3.97. The van der Waals surface area contributed by atoms with E-state index in [1.54, 1.807) is 7.11 Å². The van der Waals surface area contributed by atoms with Gasteiger partial charge in [0.05, 0.1) is 0 Å². The normalized spacial score (nSPS) is 8.33. The summed E-state index contributed by atoms with van der Waals surface area (Å²) in [5.41, 5.74) is 0. The maximum absolute atomic E-state index is 10.4. The standard InChI is InChI=1S/C5H11NO2.C3H8O/c1-3-6-5(7)4-8-2;1-3-4-2/h3-4H2,1-2H3,(H,6,7);3H2,1-2H3. The van der Waals surface area contributed by atoms with Crippen molar-refractivity contribution in [2.24, 2.45) is 0 Å². The van der Waals surface area contributed by atoms with Crippen LogP contribution in [0.3, 0.4) is 0 Å². The molecule has 1 amide bonds. The number of hydrogen-bond acceptors (Lipinski definition) is 3. The summed E-state index contributed by atoms with van der Waals surface area (Å²) in [5, 5.41) is 2.58. The van der Waals surface area contributed by atoms with Crippen LogP contribution in [-0.2, 0) is 14.3 Å². The summed E-state index contributed by atoms with van der Waals surface area (Å²) in [6.45, 7) is 5.48. The van der Waals surface area contributed by atoms with E-state index in [4.69, 9.17) is 0 Å². The van der Waals surface area contributed by atoms with E-state index >= 15 is 0 Å². The van der Waals surface area contributed by atoms with Gasteiger partial charge in [-0.25, -0.2) is 0 Å². The summed E-state index contributed by atoms with van der Waals surface area (Å²) >= 11 is 0. The second-order valence-electron chi connectivity index (χ2n) is 1.96. The largest absolute Gasteiger partial charge is 0.385 e. The molecule has 4 nitrogen and oxygen atoms in total.